The lowest BCUT2D eigenvalue weighted by atomic mass is 10.0. The van der Waals surface area contributed by atoms with Crippen LogP contribution in [0.5, 0.6) is 0 Å². The molecule has 0 aliphatic heterocycles. The second-order valence-electron chi connectivity index (χ2n) is 4.62. The van der Waals surface area contributed by atoms with E-state index in [4.69, 9.17) is 4.42 Å². The normalized spacial score (nSPS) is 14.1. The molecule has 1 amide bonds. The van der Waals surface area contributed by atoms with Crippen molar-refractivity contribution in [2.75, 3.05) is 6.54 Å². The fourth-order valence-electron chi connectivity index (χ4n) is 1.64. The highest BCUT2D eigenvalue weighted by molar-refractivity contribution is 7.07. The number of rotatable bonds is 5. The van der Waals surface area contributed by atoms with E-state index in [1.807, 2.05) is 0 Å². The monoisotopic (exact) mass is 281 g/mol. The standard InChI is InChI=1S/C12H15N3O3S/c1-8-10(19-15-14-8)11(16)13-7-12(2,17)6-9-4-3-5-18-9/h3-5,17H,6-7H2,1-2H3,(H,13,16). The van der Waals surface area contributed by atoms with E-state index in [2.05, 4.69) is 14.9 Å². The molecule has 0 saturated carbocycles. The Balaban J connectivity index is 1.91. The Kier molecular flexibility index (Phi) is 3.96. The summed E-state index contributed by atoms with van der Waals surface area (Å²) in [5, 5.41) is 16.7. The van der Waals surface area contributed by atoms with Crippen LogP contribution in [0.2, 0.25) is 0 Å². The molecule has 2 rings (SSSR count). The Morgan fingerprint density at radius 2 is 2.42 bits per heavy atom. The number of aromatic nitrogens is 2. The summed E-state index contributed by atoms with van der Waals surface area (Å²) in [7, 11) is 0. The number of nitrogens with zero attached hydrogens (tertiary/aromatic N) is 2. The number of carbonyl (C=O) groups excluding carboxylic acids is 1. The van der Waals surface area contributed by atoms with Gasteiger partial charge in [0.25, 0.3) is 5.91 Å². The number of aliphatic hydroxyl groups is 1. The number of hydrogen-bond donors (Lipinski definition) is 2. The fourth-order valence-corrected chi connectivity index (χ4v) is 2.21. The zero-order chi connectivity index (χ0) is 13.9. The van der Waals surface area contributed by atoms with E-state index in [1.54, 1.807) is 32.2 Å². The van der Waals surface area contributed by atoms with E-state index in [0.717, 1.165) is 11.5 Å². The van der Waals surface area contributed by atoms with E-state index in [1.165, 1.54) is 0 Å². The van der Waals surface area contributed by atoms with Crippen LogP contribution in [0.4, 0.5) is 0 Å². The molecule has 2 N–H and O–H groups in total. The lowest BCUT2D eigenvalue weighted by molar-refractivity contribution is 0.0511. The van der Waals surface area contributed by atoms with E-state index < -0.39 is 5.60 Å². The van der Waals surface area contributed by atoms with Crippen LogP contribution in [0.25, 0.3) is 0 Å². The van der Waals surface area contributed by atoms with Crippen molar-refractivity contribution in [1.29, 1.82) is 0 Å². The third-order valence-electron chi connectivity index (χ3n) is 2.62. The van der Waals surface area contributed by atoms with Crippen LogP contribution in [0, 0.1) is 6.92 Å². The lowest BCUT2D eigenvalue weighted by Gasteiger charge is -2.22. The number of hydrogen-bond acceptors (Lipinski definition) is 6. The highest BCUT2D eigenvalue weighted by Gasteiger charge is 2.24. The van der Waals surface area contributed by atoms with Gasteiger partial charge in [-0.1, -0.05) is 4.49 Å². The summed E-state index contributed by atoms with van der Waals surface area (Å²) >= 11 is 1.04. The summed E-state index contributed by atoms with van der Waals surface area (Å²) in [6.45, 7) is 3.50. The predicted molar refractivity (Wildman–Crippen MR) is 70.0 cm³/mol. The van der Waals surface area contributed by atoms with Gasteiger partial charge in [0.1, 0.15) is 10.6 Å². The van der Waals surface area contributed by atoms with Gasteiger partial charge in [0, 0.05) is 13.0 Å². The molecule has 0 fully saturated rings. The largest absolute Gasteiger partial charge is 0.469 e. The van der Waals surface area contributed by atoms with Crippen LogP contribution < -0.4 is 5.32 Å². The Morgan fingerprint density at radius 3 is 3.00 bits per heavy atom. The molecule has 0 aliphatic carbocycles. The SMILES string of the molecule is Cc1nnsc1C(=O)NCC(C)(O)Cc1ccco1. The first-order valence-corrected chi connectivity index (χ1v) is 6.57. The summed E-state index contributed by atoms with van der Waals surface area (Å²) < 4.78 is 8.88. The molecule has 0 spiro atoms. The fraction of sp³-hybridized carbons (Fsp3) is 0.417. The van der Waals surface area contributed by atoms with Crippen molar-refractivity contribution in [3.8, 4) is 0 Å². The minimum Gasteiger partial charge on any atom is -0.469 e. The Labute approximate surface area is 114 Å². The highest BCUT2D eigenvalue weighted by Crippen LogP contribution is 2.14. The van der Waals surface area contributed by atoms with Crippen molar-refractivity contribution in [3.05, 3.63) is 34.7 Å². The number of furan rings is 1. The van der Waals surface area contributed by atoms with Gasteiger partial charge in [-0.3, -0.25) is 4.79 Å². The number of aryl methyl sites for hydroxylation is 1. The van der Waals surface area contributed by atoms with Gasteiger partial charge in [0.15, 0.2) is 0 Å². The smallest absolute Gasteiger partial charge is 0.265 e. The molecule has 0 aromatic carbocycles. The second kappa shape index (κ2) is 5.50. The zero-order valence-electron chi connectivity index (χ0n) is 10.7. The first kappa shape index (κ1) is 13.7. The quantitative estimate of drug-likeness (QED) is 0.858. The molecular weight excluding hydrogens is 266 g/mol. The van der Waals surface area contributed by atoms with Gasteiger partial charge in [0.05, 0.1) is 17.6 Å². The summed E-state index contributed by atoms with van der Waals surface area (Å²) in [6, 6.07) is 3.55. The molecule has 102 valence electrons. The molecule has 0 bridgehead atoms. The van der Waals surface area contributed by atoms with Crippen molar-refractivity contribution >= 4 is 17.4 Å². The second-order valence-corrected chi connectivity index (χ2v) is 5.38. The maximum atomic E-state index is 11.9. The van der Waals surface area contributed by atoms with Crippen LogP contribution in [0.1, 0.15) is 28.0 Å². The Morgan fingerprint density at radius 1 is 1.63 bits per heavy atom. The molecule has 2 heterocycles. The van der Waals surface area contributed by atoms with Crippen LogP contribution in [0.15, 0.2) is 22.8 Å². The molecule has 19 heavy (non-hydrogen) atoms. The maximum absolute atomic E-state index is 11.9. The van der Waals surface area contributed by atoms with Crippen molar-refractivity contribution in [3.63, 3.8) is 0 Å². The maximum Gasteiger partial charge on any atom is 0.265 e. The molecule has 2 aromatic heterocycles. The topological polar surface area (TPSA) is 88.2 Å². The molecule has 1 unspecified atom stereocenters. The van der Waals surface area contributed by atoms with Crippen molar-refractivity contribution in [1.82, 2.24) is 14.9 Å². The van der Waals surface area contributed by atoms with E-state index in [9.17, 15) is 9.90 Å². The van der Waals surface area contributed by atoms with Crippen molar-refractivity contribution < 1.29 is 14.3 Å². The lowest BCUT2D eigenvalue weighted by Crippen LogP contribution is -2.42. The molecule has 0 radical (unpaired) electrons. The highest BCUT2D eigenvalue weighted by atomic mass is 32.1. The molecule has 0 aliphatic rings. The van der Waals surface area contributed by atoms with Gasteiger partial charge in [-0.2, -0.15) is 0 Å². The van der Waals surface area contributed by atoms with Crippen LogP contribution in [-0.2, 0) is 6.42 Å². The molecule has 1 atom stereocenters. The minimum absolute atomic E-state index is 0.129. The van der Waals surface area contributed by atoms with E-state index in [0.29, 0.717) is 22.8 Å². The van der Waals surface area contributed by atoms with Gasteiger partial charge in [0.2, 0.25) is 0 Å². The van der Waals surface area contributed by atoms with Crippen LogP contribution >= 0.6 is 11.5 Å². The van der Waals surface area contributed by atoms with Gasteiger partial charge < -0.3 is 14.8 Å². The van der Waals surface area contributed by atoms with Gasteiger partial charge in [-0.05, 0) is 37.5 Å². The van der Waals surface area contributed by atoms with Crippen molar-refractivity contribution in [2.45, 2.75) is 25.9 Å². The number of carbonyl (C=O) groups is 1. The van der Waals surface area contributed by atoms with E-state index >= 15 is 0 Å². The van der Waals surface area contributed by atoms with Crippen molar-refractivity contribution in [2.24, 2.45) is 0 Å². The predicted octanol–water partition coefficient (Wildman–Crippen LogP) is 1.16. The van der Waals surface area contributed by atoms with Gasteiger partial charge in [-0.15, -0.1) is 5.10 Å². The molecule has 0 saturated heterocycles. The third kappa shape index (κ3) is 3.62. The zero-order valence-corrected chi connectivity index (χ0v) is 11.5. The minimum atomic E-state index is -1.07. The summed E-state index contributed by atoms with van der Waals surface area (Å²) in [6.07, 6.45) is 1.89. The Hall–Kier alpha value is -1.73. The van der Waals surface area contributed by atoms with Gasteiger partial charge >= 0.3 is 0 Å². The average Bonchev–Trinajstić information content (AvgIpc) is 2.97. The molecular formula is C12H15N3O3S. The molecule has 6 nitrogen and oxygen atoms in total. The first-order valence-electron chi connectivity index (χ1n) is 5.80. The number of nitrogens with one attached hydrogen (secondary N) is 1. The summed E-state index contributed by atoms with van der Waals surface area (Å²) in [4.78, 5) is 12.3. The number of amides is 1. The molecule has 7 heteroatoms. The van der Waals surface area contributed by atoms with Crippen LogP contribution in [0.3, 0.4) is 0 Å². The summed E-state index contributed by atoms with van der Waals surface area (Å²) in [5.74, 6) is 0.405. The van der Waals surface area contributed by atoms with Crippen LogP contribution in [-0.4, -0.2) is 32.7 Å². The first-order chi connectivity index (χ1) is 8.98. The average molecular weight is 281 g/mol. The Bertz CT molecular complexity index is 548. The van der Waals surface area contributed by atoms with Gasteiger partial charge in [-0.25, -0.2) is 0 Å². The third-order valence-corrected chi connectivity index (χ3v) is 3.45. The molecule has 2 aromatic rings. The van der Waals surface area contributed by atoms with E-state index in [-0.39, 0.29) is 12.5 Å². The summed E-state index contributed by atoms with van der Waals surface area (Å²) in [5.41, 5.74) is -0.479.